The van der Waals surface area contributed by atoms with Crippen LogP contribution in [0.3, 0.4) is 0 Å². The van der Waals surface area contributed by atoms with Crippen molar-refractivity contribution >= 4 is 71.0 Å². The minimum atomic E-state index is -1.68. The maximum Gasteiger partial charge on any atom is 0.322 e. The number of ketones is 1. The Morgan fingerprint density at radius 1 is 0.621 bits per heavy atom. The minimum Gasteiger partial charge on any atom is -0.481 e. The van der Waals surface area contributed by atoms with Crippen LogP contribution in [0.1, 0.15) is 91.9 Å². The van der Waals surface area contributed by atoms with Gasteiger partial charge in [0.25, 0.3) is 5.91 Å². The maximum atomic E-state index is 14.0. The predicted molar refractivity (Wildman–Crippen MR) is 196 cm³/mol. The molecule has 0 radical (unpaired) electrons. The van der Waals surface area contributed by atoms with Crippen LogP contribution in [0.15, 0.2) is 0 Å². The van der Waals surface area contributed by atoms with Crippen LogP contribution in [0, 0.1) is 5.92 Å². The Morgan fingerprint density at radius 3 is 1.50 bits per heavy atom. The third-order valence-corrected chi connectivity index (χ3v) is 8.80. The van der Waals surface area contributed by atoms with Gasteiger partial charge in [0.05, 0.1) is 6.04 Å². The molecule has 0 saturated carbocycles. The summed E-state index contributed by atoms with van der Waals surface area (Å²) in [6, 6.07) is -8.66. The van der Waals surface area contributed by atoms with E-state index in [4.69, 9.17) is 10.2 Å². The number of Topliss-reactive ketones (excluding diaryl/α,β-unsaturated/α-hetero) is 1. The number of carbonyl (C=O) groups excluding carboxylic acids is 8. The number of hydrogen-bond acceptors (Lipinski definition) is 12. The molecule has 1 heterocycles. The molecule has 7 amide bonds. The van der Waals surface area contributed by atoms with Gasteiger partial charge in [0.1, 0.15) is 36.8 Å². The quantitative estimate of drug-likeness (QED) is 0.0395. The molecule has 23 heteroatoms. The van der Waals surface area contributed by atoms with Gasteiger partial charge in [-0.15, -0.1) is 0 Å². The van der Waals surface area contributed by atoms with Crippen LogP contribution in [0.5, 0.6) is 0 Å². The lowest BCUT2D eigenvalue weighted by Gasteiger charge is -2.32. The molecule has 58 heavy (non-hydrogen) atoms. The van der Waals surface area contributed by atoms with Gasteiger partial charge >= 0.3 is 23.9 Å². The number of hydrogen-bond donors (Lipinski definition) is 10. The van der Waals surface area contributed by atoms with E-state index in [-0.39, 0.29) is 19.4 Å². The van der Waals surface area contributed by atoms with E-state index in [1.54, 1.807) is 20.8 Å². The van der Waals surface area contributed by atoms with E-state index in [9.17, 15) is 67.7 Å². The van der Waals surface area contributed by atoms with E-state index in [0.717, 1.165) is 11.8 Å². The Morgan fingerprint density at radius 2 is 1.09 bits per heavy atom. The standard InChI is InChI=1S/C35H53N7O16/c1-5-7-19(29(52)34(57)36-16-27(50)51)38-33(56)23-8-6-15-42(23)35(58)28(17(2)3)41-32(55)22(11-14-26(48)49)40-31(54)21(10-13-25(46)47)39-30(53)20(37-18(4)43)9-12-24(44)45/h17,19-23,28H,5-16H2,1-4H3,(H,36,57)(H,37,43)(H,38,56)(H,39,53)(H,40,54)(H,41,55)(H,44,45)(H,46,47)(H,48,49)(H,50,51). The molecule has 0 aliphatic carbocycles. The van der Waals surface area contributed by atoms with Crippen molar-refractivity contribution < 1.29 is 78.0 Å². The smallest absolute Gasteiger partial charge is 0.322 e. The van der Waals surface area contributed by atoms with Crippen LogP contribution in [0.4, 0.5) is 0 Å². The summed E-state index contributed by atoms with van der Waals surface area (Å²) < 4.78 is 0. The number of nitrogens with zero attached hydrogens (tertiary/aromatic N) is 1. The zero-order valence-corrected chi connectivity index (χ0v) is 32.7. The van der Waals surface area contributed by atoms with E-state index < -0.39 is 158 Å². The molecule has 6 unspecified atom stereocenters. The second kappa shape index (κ2) is 24.5. The predicted octanol–water partition coefficient (Wildman–Crippen LogP) is -2.76. The van der Waals surface area contributed by atoms with Gasteiger partial charge in [-0.1, -0.05) is 27.2 Å². The molecular weight excluding hydrogens is 774 g/mol. The summed E-state index contributed by atoms with van der Waals surface area (Å²) >= 11 is 0. The summed E-state index contributed by atoms with van der Waals surface area (Å²) in [6.45, 7) is 5.05. The van der Waals surface area contributed by atoms with Crippen LogP contribution in [0.25, 0.3) is 0 Å². The Balaban J connectivity index is 3.31. The van der Waals surface area contributed by atoms with Gasteiger partial charge in [-0.25, -0.2) is 0 Å². The lowest BCUT2D eigenvalue weighted by atomic mass is 10.00. The average molecular weight is 828 g/mol. The second-order valence-corrected chi connectivity index (χ2v) is 13.9. The number of likely N-dealkylation sites (tertiary alicyclic amines) is 1. The molecule has 0 bridgehead atoms. The van der Waals surface area contributed by atoms with E-state index in [0.29, 0.717) is 12.8 Å². The molecule has 23 nitrogen and oxygen atoms in total. The fraction of sp³-hybridized carbons (Fsp3) is 0.657. The topological polar surface area (TPSA) is 361 Å². The largest absolute Gasteiger partial charge is 0.481 e. The first-order valence-corrected chi connectivity index (χ1v) is 18.6. The molecule has 0 aromatic carbocycles. The van der Waals surface area contributed by atoms with Gasteiger partial charge in [-0.2, -0.15) is 0 Å². The highest BCUT2D eigenvalue weighted by molar-refractivity contribution is 6.38. The van der Waals surface area contributed by atoms with Crippen LogP contribution in [0.2, 0.25) is 0 Å². The molecule has 1 saturated heterocycles. The lowest BCUT2D eigenvalue weighted by Crippen LogP contribution is -2.60. The van der Waals surface area contributed by atoms with E-state index in [1.165, 1.54) is 0 Å². The van der Waals surface area contributed by atoms with Crippen LogP contribution < -0.4 is 31.9 Å². The average Bonchev–Trinajstić information content (AvgIpc) is 3.63. The Labute approximate surface area is 332 Å². The fourth-order valence-corrected chi connectivity index (χ4v) is 5.88. The summed E-state index contributed by atoms with van der Waals surface area (Å²) in [5.74, 6) is -13.9. The van der Waals surface area contributed by atoms with Crippen molar-refractivity contribution in [2.75, 3.05) is 13.1 Å². The molecule has 324 valence electrons. The highest BCUT2D eigenvalue weighted by Crippen LogP contribution is 2.21. The summed E-state index contributed by atoms with van der Waals surface area (Å²) in [6.07, 6.45) is -2.58. The van der Waals surface area contributed by atoms with Gasteiger partial charge in [-0.3, -0.25) is 57.5 Å². The van der Waals surface area contributed by atoms with Crippen molar-refractivity contribution in [1.29, 1.82) is 0 Å². The molecule has 0 aromatic heterocycles. The molecule has 1 fully saturated rings. The van der Waals surface area contributed by atoms with Gasteiger partial charge in [0.15, 0.2) is 0 Å². The normalized spacial score (nSPS) is 16.0. The fourth-order valence-electron chi connectivity index (χ4n) is 5.88. The molecule has 1 aliphatic heterocycles. The first-order chi connectivity index (χ1) is 27.1. The Bertz CT molecular complexity index is 1580. The Hall–Kier alpha value is -6.16. The number of rotatable bonds is 26. The number of amides is 7. The van der Waals surface area contributed by atoms with Crippen molar-refractivity contribution in [2.45, 2.75) is 128 Å². The van der Waals surface area contributed by atoms with Crippen molar-refractivity contribution in [2.24, 2.45) is 5.92 Å². The first-order valence-electron chi connectivity index (χ1n) is 18.6. The van der Waals surface area contributed by atoms with Gasteiger partial charge in [-0.05, 0) is 44.4 Å². The highest BCUT2D eigenvalue weighted by Gasteiger charge is 2.41. The summed E-state index contributed by atoms with van der Waals surface area (Å²) in [7, 11) is 0. The van der Waals surface area contributed by atoms with Gasteiger partial charge in [0, 0.05) is 32.7 Å². The molecular formula is C35H53N7O16. The second-order valence-electron chi connectivity index (χ2n) is 13.9. The summed E-state index contributed by atoms with van der Waals surface area (Å²) in [5, 5.41) is 50.1. The molecule has 6 atom stereocenters. The number of nitrogens with one attached hydrogen (secondary N) is 6. The first kappa shape index (κ1) is 49.9. The summed E-state index contributed by atoms with van der Waals surface area (Å²) in [4.78, 5) is 150. The molecule has 10 N–H and O–H groups in total. The van der Waals surface area contributed by atoms with Gasteiger partial charge < -0.3 is 57.2 Å². The van der Waals surface area contributed by atoms with E-state index in [2.05, 4.69) is 26.6 Å². The Kier molecular flexibility index (Phi) is 21.0. The molecule has 1 aliphatic rings. The summed E-state index contributed by atoms with van der Waals surface area (Å²) in [5.41, 5.74) is 0. The monoisotopic (exact) mass is 827 g/mol. The lowest BCUT2D eigenvalue weighted by molar-refractivity contribution is -0.145. The maximum absolute atomic E-state index is 14.0. The number of carboxylic acids is 4. The van der Waals surface area contributed by atoms with Crippen LogP contribution in [-0.4, -0.2) is 146 Å². The zero-order chi connectivity index (χ0) is 44.3. The molecule has 1 rings (SSSR count). The van der Waals surface area contributed by atoms with Crippen molar-refractivity contribution in [3.8, 4) is 0 Å². The van der Waals surface area contributed by atoms with Crippen molar-refractivity contribution in [1.82, 2.24) is 36.8 Å². The van der Waals surface area contributed by atoms with Gasteiger partial charge in [0.2, 0.25) is 41.2 Å². The third-order valence-electron chi connectivity index (χ3n) is 8.80. The number of carbonyl (C=O) groups is 12. The minimum absolute atomic E-state index is 0.0152. The molecule has 0 aromatic rings. The number of carboxylic acid groups (broad SMARTS) is 4. The zero-order valence-electron chi connectivity index (χ0n) is 32.7. The SMILES string of the molecule is CCCC(NC(=O)C1CCCN1C(=O)C(NC(=O)C(CCC(=O)O)NC(=O)C(CCC(=O)O)NC(=O)C(CCC(=O)O)NC(C)=O)C(C)C)C(=O)C(=O)NCC(=O)O. The van der Waals surface area contributed by atoms with E-state index in [1.807, 2.05) is 5.32 Å². The highest BCUT2D eigenvalue weighted by atomic mass is 16.4. The van der Waals surface area contributed by atoms with E-state index >= 15 is 0 Å². The van der Waals surface area contributed by atoms with Crippen molar-refractivity contribution in [3.63, 3.8) is 0 Å². The third kappa shape index (κ3) is 17.3. The van der Waals surface area contributed by atoms with Crippen LogP contribution in [-0.2, 0) is 57.5 Å². The molecule has 0 spiro atoms. The van der Waals surface area contributed by atoms with Crippen LogP contribution >= 0.6 is 0 Å². The van der Waals surface area contributed by atoms with Crippen molar-refractivity contribution in [3.05, 3.63) is 0 Å². The number of aliphatic carboxylic acids is 4.